The number of hydrogen-bond donors (Lipinski definition) is 1. The van der Waals surface area contributed by atoms with Crippen LogP contribution in [0.3, 0.4) is 0 Å². The van der Waals surface area contributed by atoms with Crippen molar-refractivity contribution in [1.82, 2.24) is 0 Å². The minimum atomic E-state index is -4.46. The van der Waals surface area contributed by atoms with Crippen LogP contribution in [0.1, 0.15) is 45.6 Å². The molecule has 0 radical (unpaired) electrons. The van der Waals surface area contributed by atoms with Crippen molar-refractivity contribution in [2.75, 3.05) is 7.11 Å². The van der Waals surface area contributed by atoms with E-state index in [0.29, 0.717) is 23.1 Å². The molecule has 7 heteroatoms. The van der Waals surface area contributed by atoms with Gasteiger partial charge in [-0.15, -0.1) is 0 Å². The van der Waals surface area contributed by atoms with E-state index in [1.165, 1.54) is 13.2 Å². The number of nitrogens with two attached hydrogens (primary N) is 1. The van der Waals surface area contributed by atoms with Crippen LogP contribution in [0.4, 0.5) is 13.2 Å². The summed E-state index contributed by atoms with van der Waals surface area (Å²) >= 11 is 0. The zero-order chi connectivity index (χ0) is 18.2. The Balaban J connectivity index is 1.94. The van der Waals surface area contributed by atoms with E-state index in [9.17, 15) is 18.0 Å². The van der Waals surface area contributed by atoms with Crippen molar-refractivity contribution < 1.29 is 27.4 Å². The third-order valence-corrected chi connectivity index (χ3v) is 4.16. The molecule has 25 heavy (non-hydrogen) atoms. The number of hydrogen-bond acceptors (Lipinski definition) is 4. The van der Waals surface area contributed by atoms with Crippen LogP contribution in [-0.4, -0.2) is 13.1 Å². The highest BCUT2D eigenvalue weighted by atomic mass is 19.4. The summed E-state index contributed by atoms with van der Waals surface area (Å²) in [5.74, 6) is -0.385. The minimum absolute atomic E-state index is 0.113. The van der Waals surface area contributed by atoms with Gasteiger partial charge in [-0.1, -0.05) is 18.2 Å². The largest absolute Gasteiger partial charge is 0.485 e. The fraction of sp³-hybridized carbons (Fsp3) is 0.278. The second-order valence-electron chi connectivity index (χ2n) is 5.82. The molecule has 0 aliphatic carbocycles. The molecule has 2 atom stereocenters. The number of halogens is 3. The number of esters is 1. The van der Waals surface area contributed by atoms with Gasteiger partial charge in [0.2, 0.25) is 0 Å². The summed E-state index contributed by atoms with van der Waals surface area (Å²) in [6.07, 6.45) is -4.61. The Labute approximate surface area is 142 Å². The van der Waals surface area contributed by atoms with Crippen LogP contribution in [0.2, 0.25) is 0 Å². The van der Waals surface area contributed by atoms with Crippen LogP contribution < -0.4 is 10.5 Å². The molecule has 4 nitrogen and oxygen atoms in total. The summed E-state index contributed by atoms with van der Waals surface area (Å²) in [6, 6.07) is 9.45. The Kier molecular flexibility index (Phi) is 4.43. The number of methoxy groups -OCH3 is 1. The highest BCUT2D eigenvalue weighted by Crippen LogP contribution is 2.42. The molecular weight excluding hydrogens is 335 g/mol. The maximum atomic E-state index is 12.9. The van der Waals surface area contributed by atoms with E-state index in [0.717, 1.165) is 12.1 Å². The monoisotopic (exact) mass is 351 g/mol. The third kappa shape index (κ3) is 3.46. The van der Waals surface area contributed by atoms with Crippen molar-refractivity contribution in [2.45, 2.75) is 24.7 Å². The van der Waals surface area contributed by atoms with Gasteiger partial charge in [0.15, 0.2) is 0 Å². The average Bonchev–Trinajstić information content (AvgIpc) is 2.59. The Hall–Kier alpha value is -2.54. The molecule has 132 valence electrons. The molecule has 0 aromatic heterocycles. The number of fused-ring (bicyclic) bond motifs is 1. The first-order valence-electron chi connectivity index (χ1n) is 7.61. The smallest absolute Gasteiger partial charge is 0.416 e. The van der Waals surface area contributed by atoms with Crippen LogP contribution in [0.5, 0.6) is 5.75 Å². The first kappa shape index (κ1) is 17.3. The van der Waals surface area contributed by atoms with Gasteiger partial charge >= 0.3 is 12.1 Å². The normalized spacial score (nSPS) is 19.7. The Morgan fingerprint density at radius 2 is 2.00 bits per heavy atom. The summed E-state index contributed by atoms with van der Waals surface area (Å²) in [5.41, 5.74) is 6.84. The average molecular weight is 351 g/mol. The summed E-state index contributed by atoms with van der Waals surface area (Å²) in [4.78, 5) is 11.7. The van der Waals surface area contributed by atoms with Gasteiger partial charge in [0.1, 0.15) is 11.9 Å². The maximum absolute atomic E-state index is 12.9. The summed E-state index contributed by atoms with van der Waals surface area (Å²) in [7, 11) is 1.27. The molecule has 0 saturated heterocycles. The molecule has 0 spiro atoms. The predicted molar refractivity (Wildman–Crippen MR) is 84.1 cm³/mol. The van der Waals surface area contributed by atoms with Crippen molar-refractivity contribution in [1.29, 1.82) is 0 Å². The van der Waals surface area contributed by atoms with E-state index in [1.54, 1.807) is 24.3 Å². The lowest BCUT2D eigenvalue weighted by atomic mass is 9.92. The number of carbonyl (C=O) groups is 1. The van der Waals surface area contributed by atoms with Gasteiger partial charge < -0.3 is 15.2 Å². The Morgan fingerprint density at radius 3 is 2.68 bits per heavy atom. The standard InChI is InChI=1S/C18H16F3NO3/c1-24-17(23)11-4-2-3-10(7-11)15-9-14(22)13-6-5-12(18(19,20)21)8-16(13)25-15/h2-8,14-15H,9,22H2,1H3/t14-,15-/m1/s1. The second-order valence-corrected chi connectivity index (χ2v) is 5.82. The van der Waals surface area contributed by atoms with E-state index in [4.69, 9.17) is 10.5 Å². The summed E-state index contributed by atoms with van der Waals surface area (Å²) < 4.78 is 49.2. The molecule has 0 fully saturated rings. The highest BCUT2D eigenvalue weighted by molar-refractivity contribution is 5.89. The second kappa shape index (κ2) is 6.40. The number of alkyl halides is 3. The Bertz CT molecular complexity index is 804. The molecule has 0 saturated carbocycles. The third-order valence-electron chi connectivity index (χ3n) is 4.16. The molecule has 2 N–H and O–H groups in total. The van der Waals surface area contributed by atoms with Crippen molar-refractivity contribution in [2.24, 2.45) is 5.73 Å². The maximum Gasteiger partial charge on any atom is 0.416 e. The quantitative estimate of drug-likeness (QED) is 0.831. The fourth-order valence-corrected chi connectivity index (χ4v) is 2.87. The lowest BCUT2D eigenvalue weighted by molar-refractivity contribution is -0.137. The summed E-state index contributed by atoms with van der Waals surface area (Å²) in [6.45, 7) is 0. The highest BCUT2D eigenvalue weighted by Gasteiger charge is 2.34. The topological polar surface area (TPSA) is 61.5 Å². The molecule has 0 bridgehead atoms. The van der Waals surface area contributed by atoms with E-state index in [1.807, 2.05) is 0 Å². The minimum Gasteiger partial charge on any atom is -0.485 e. The van der Waals surface area contributed by atoms with E-state index in [2.05, 4.69) is 4.74 Å². The van der Waals surface area contributed by atoms with Crippen LogP contribution in [0, 0.1) is 0 Å². The van der Waals surface area contributed by atoms with Crippen molar-refractivity contribution >= 4 is 5.97 Å². The van der Waals surface area contributed by atoms with E-state index < -0.39 is 29.9 Å². The Morgan fingerprint density at radius 1 is 1.24 bits per heavy atom. The molecule has 2 aromatic carbocycles. The molecule has 3 rings (SSSR count). The van der Waals surface area contributed by atoms with Gasteiger partial charge in [0.25, 0.3) is 0 Å². The first-order valence-corrected chi connectivity index (χ1v) is 7.61. The van der Waals surface area contributed by atoms with Crippen LogP contribution in [0.25, 0.3) is 0 Å². The number of ether oxygens (including phenoxy) is 2. The van der Waals surface area contributed by atoms with Crippen LogP contribution in [0.15, 0.2) is 42.5 Å². The van der Waals surface area contributed by atoms with Crippen molar-refractivity contribution in [3.8, 4) is 5.75 Å². The zero-order valence-corrected chi connectivity index (χ0v) is 13.3. The predicted octanol–water partition coefficient (Wildman–Crippen LogP) is 4.02. The van der Waals surface area contributed by atoms with Gasteiger partial charge in [-0.05, 0) is 29.8 Å². The first-order chi connectivity index (χ1) is 11.8. The van der Waals surface area contributed by atoms with Crippen molar-refractivity contribution in [3.05, 3.63) is 64.7 Å². The lowest BCUT2D eigenvalue weighted by Crippen LogP contribution is -2.24. The van der Waals surface area contributed by atoms with Crippen molar-refractivity contribution in [3.63, 3.8) is 0 Å². The molecule has 1 aliphatic heterocycles. The number of rotatable bonds is 2. The molecular formula is C18H16F3NO3. The van der Waals surface area contributed by atoms with Gasteiger partial charge in [-0.3, -0.25) is 0 Å². The van der Waals surface area contributed by atoms with E-state index in [-0.39, 0.29) is 5.75 Å². The lowest BCUT2D eigenvalue weighted by Gasteiger charge is -2.31. The zero-order valence-electron chi connectivity index (χ0n) is 13.3. The van der Waals surface area contributed by atoms with Gasteiger partial charge in [0.05, 0.1) is 18.2 Å². The number of benzene rings is 2. The molecule has 1 heterocycles. The summed E-state index contributed by atoms with van der Waals surface area (Å²) in [5, 5.41) is 0. The van der Waals surface area contributed by atoms with Gasteiger partial charge in [-0.2, -0.15) is 13.2 Å². The molecule has 0 amide bonds. The van der Waals surface area contributed by atoms with Crippen LogP contribution >= 0.6 is 0 Å². The van der Waals surface area contributed by atoms with Crippen LogP contribution in [-0.2, 0) is 10.9 Å². The molecule has 2 aromatic rings. The molecule has 1 aliphatic rings. The fourth-order valence-electron chi connectivity index (χ4n) is 2.87. The SMILES string of the molecule is COC(=O)c1cccc([C@H]2C[C@@H](N)c3ccc(C(F)(F)F)cc3O2)c1. The van der Waals surface area contributed by atoms with Gasteiger partial charge in [-0.25, -0.2) is 4.79 Å². The van der Waals surface area contributed by atoms with E-state index >= 15 is 0 Å². The number of carbonyl (C=O) groups excluding carboxylic acids is 1. The van der Waals surface area contributed by atoms with Gasteiger partial charge in [0, 0.05) is 18.0 Å². The molecule has 0 unspecified atom stereocenters.